The van der Waals surface area contributed by atoms with Gasteiger partial charge in [-0.05, 0) is 6.42 Å². The van der Waals surface area contributed by atoms with Gasteiger partial charge in [0.2, 0.25) is 0 Å². The highest BCUT2D eigenvalue weighted by molar-refractivity contribution is 5.94. The molecule has 0 radical (unpaired) electrons. The monoisotopic (exact) mass is 202 g/mol. The van der Waals surface area contributed by atoms with Crippen molar-refractivity contribution in [2.75, 3.05) is 20.8 Å². The lowest BCUT2D eigenvalue weighted by atomic mass is 10.1. The number of aliphatic hydroxyl groups excluding tert-OH is 1. The zero-order valence-corrected chi connectivity index (χ0v) is 8.23. The van der Waals surface area contributed by atoms with Crippen molar-refractivity contribution in [2.24, 2.45) is 5.92 Å². The smallest absolute Gasteiger partial charge is 0.320 e. The summed E-state index contributed by atoms with van der Waals surface area (Å²) in [5.74, 6) is -2.23. The highest BCUT2D eigenvalue weighted by atomic mass is 16.5. The normalized spacial score (nSPS) is 10.6. The molecule has 1 N–H and O–H groups in total. The van der Waals surface area contributed by atoms with E-state index in [9.17, 15) is 9.59 Å². The van der Waals surface area contributed by atoms with E-state index < -0.39 is 17.9 Å². The van der Waals surface area contributed by atoms with E-state index in [0.717, 1.165) is 0 Å². The third kappa shape index (κ3) is 4.04. The number of ether oxygens (including phenoxy) is 2. The molecule has 0 amide bonds. The minimum atomic E-state index is -0.951. The highest BCUT2D eigenvalue weighted by Gasteiger charge is 2.26. The van der Waals surface area contributed by atoms with Gasteiger partial charge in [-0.25, -0.2) is 0 Å². The molecule has 14 heavy (non-hydrogen) atoms. The van der Waals surface area contributed by atoms with E-state index in [2.05, 4.69) is 9.47 Å². The number of esters is 2. The molecule has 0 aromatic carbocycles. The van der Waals surface area contributed by atoms with Crippen LogP contribution in [0.2, 0.25) is 0 Å². The SMILES string of the molecule is COC(=O)C(CC=CCO)C(=O)OC. The molecule has 0 heterocycles. The first-order chi connectivity index (χ1) is 6.67. The van der Waals surface area contributed by atoms with Crippen LogP contribution in [0.3, 0.4) is 0 Å². The molecule has 5 heteroatoms. The first-order valence-electron chi connectivity index (χ1n) is 4.08. The van der Waals surface area contributed by atoms with Crippen molar-refractivity contribution < 1.29 is 24.2 Å². The zero-order chi connectivity index (χ0) is 11.0. The lowest BCUT2D eigenvalue weighted by molar-refractivity contribution is -0.158. The Labute approximate surface area is 82.3 Å². The van der Waals surface area contributed by atoms with Crippen molar-refractivity contribution in [3.63, 3.8) is 0 Å². The van der Waals surface area contributed by atoms with Crippen molar-refractivity contribution in [1.82, 2.24) is 0 Å². The second-order valence-corrected chi connectivity index (χ2v) is 2.49. The predicted molar refractivity (Wildman–Crippen MR) is 48.4 cm³/mol. The minimum Gasteiger partial charge on any atom is -0.468 e. The van der Waals surface area contributed by atoms with Crippen LogP contribution in [-0.2, 0) is 19.1 Å². The molecule has 0 unspecified atom stereocenters. The summed E-state index contributed by atoms with van der Waals surface area (Å²) in [7, 11) is 2.40. The number of aliphatic hydroxyl groups is 1. The molecule has 0 aliphatic rings. The molecule has 0 saturated carbocycles. The first kappa shape index (κ1) is 12.6. The van der Waals surface area contributed by atoms with Crippen LogP contribution in [0.1, 0.15) is 6.42 Å². The van der Waals surface area contributed by atoms with Crippen LogP contribution < -0.4 is 0 Å². The van der Waals surface area contributed by atoms with Crippen molar-refractivity contribution >= 4 is 11.9 Å². The van der Waals surface area contributed by atoms with Gasteiger partial charge in [-0.2, -0.15) is 0 Å². The van der Waals surface area contributed by atoms with Gasteiger partial charge in [0.05, 0.1) is 20.8 Å². The summed E-state index contributed by atoms with van der Waals surface area (Å²) in [6, 6.07) is 0. The molecule has 0 aromatic rings. The number of allylic oxidation sites excluding steroid dienone is 1. The van der Waals surface area contributed by atoms with Crippen LogP contribution in [0.15, 0.2) is 12.2 Å². The van der Waals surface area contributed by atoms with E-state index in [0.29, 0.717) is 0 Å². The summed E-state index contributed by atoms with van der Waals surface area (Å²) in [5, 5.41) is 8.45. The molecular weight excluding hydrogens is 188 g/mol. The summed E-state index contributed by atoms with van der Waals surface area (Å²) in [5.41, 5.74) is 0. The number of hydrogen-bond acceptors (Lipinski definition) is 5. The lowest BCUT2D eigenvalue weighted by Gasteiger charge is -2.09. The number of carbonyl (C=O) groups is 2. The third-order valence-electron chi connectivity index (χ3n) is 1.62. The zero-order valence-electron chi connectivity index (χ0n) is 8.23. The quantitative estimate of drug-likeness (QED) is 0.382. The number of carbonyl (C=O) groups excluding carboxylic acids is 2. The number of rotatable bonds is 5. The average molecular weight is 202 g/mol. The van der Waals surface area contributed by atoms with Crippen LogP contribution in [-0.4, -0.2) is 37.9 Å². The summed E-state index contributed by atoms with van der Waals surface area (Å²) >= 11 is 0. The Balaban J connectivity index is 4.32. The maximum absolute atomic E-state index is 11.1. The van der Waals surface area contributed by atoms with E-state index in [1.165, 1.54) is 26.4 Å². The fraction of sp³-hybridized carbons (Fsp3) is 0.556. The van der Waals surface area contributed by atoms with E-state index in [1.54, 1.807) is 0 Å². The molecule has 80 valence electrons. The van der Waals surface area contributed by atoms with Gasteiger partial charge < -0.3 is 14.6 Å². The maximum Gasteiger partial charge on any atom is 0.320 e. The van der Waals surface area contributed by atoms with E-state index in [-0.39, 0.29) is 13.0 Å². The topological polar surface area (TPSA) is 72.8 Å². The van der Waals surface area contributed by atoms with Gasteiger partial charge in [0.15, 0.2) is 5.92 Å². The van der Waals surface area contributed by atoms with Crippen molar-refractivity contribution in [1.29, 1.82) is 0 Å². The van der Waals surface area contributed by atoms with Gasteiger partial charge >= 0.3 is 11.9 Å². The summed E-state index contributed by atoms with van der Waals surface area (Å²) < 4.78 is 8.86. The Hall–Kier alpha value is -1.36. The third-order valence-corrected chi connectivity index (χ3v) is 1.62. The Morgan fingerprint density at radius 3 is 2.07 bits per heavy atom. The second kappa shape index (κ2) is 7.08. The molecule has 0 aromatic heterocycles. The van der Waals surface area contributed by atoms with Crippen molar-refractivity contribution in [2.45, 2.75) is 6.42 Å². The summed E-state index contributed by atoms with van der Waals surface area (Å²) in [6.07, 6.45) is 3.14. The van der Waals surface area contributed by atoms with Gasteiger partial charge in [0, 0.05) is 0 Å². The van der Waals surface area contributed by atoms with Crippen LogP contribution in [0, 0.1) is 5.92 Å². The molecule has 0 atom stereocenters. The van der Waals surface area contributed by atoms with Crippen molar-refractivity contribution in [3.8, 4) is 0 Å². The average Bonchev–Trinajstić information content (AvgIpc) is 2.22. The number of hydrogen-bond donors (Lipinski definition) is 1. The molecule has 0 saturated heterocycles. The highest BCUT2D eigenvalue weighted by Crippen LogP contribution is 2.08. The first-order valence-corrected chi connectivity index (χ1v) is 4.08. The predicted octanol–water partition coefficient (Wildman–Crippen LogP) is -0.113. The maximum atomic E-state index is 11.1. The molecule has 0 bridgehead atoms. The minimum absolute atomic E-state index is 0.130. The fourth-order valence-corrected chi connectivity index (χ4v) is 0.880. The molecule has 5 nitrogen and oxygen atoms in total. The Bertz CT molecular complexity index is 205. The van der Waals surface area contributed by atoms with Crippen LogP contribution in [0.25, 0.3) is 0 Å². The van der Waals surface area contributed by atoms with Crippen LogP contribution in [0.5, 0.6) is 0 Å². The summed E-state index contributed by atoms with van der Waals surface area (Å²) in [4.78, 5) is 22.2. The molecule has 0 spiro atoms. The van der Waals surface area contributed by atoms with E-state index in [1.807, 2.05) is 0 Å². The van der Waals surface area contributed by atoms with Crippen LogP contribution in [0.4, 0.5) is 0 Å². The van der Waals surface area contributed by atoms with Gasteiger partial charge in [0.1, 0.15) is 0 Å². The molecule has 0 rings (SSSR count). The van der Waals surface area contributed by atoms with Crippen LogP contribution >= 0.6 is 0 Å². The second-order valence-electron chi connectivity index (χ2n) is 2.49. The summed E-state index contributed by atoms with van der Waals surface area (Å²) in [6.45, 7) is -0.130. The Kier molecular flexibility index (Phi) is 6.39. The standard InChI is InChI=1S/C9H14O5/c1-13-8(11)7(9(12)14-2)5-3-4-6-10/h3-4,7,10H,5-6H2,1-2H3. The number of methoxy groups -OCH3 is 2. The molecular formula is C9H14O5. The van der Waals surface area contributed by atoms with Gasteiger partial charge in [-0.3, -0.25) is 9.59 Å². The lowest BCUT2D eigenvalue weighted by Crippen LogP contribution is -2.25. The van der Waals surface area contributed by atoms with Crippen molar-refractivity contribution in [3.05, 3.63) is 12.2 Å². The molecule has 0 aliphatic heterocycles. The molecule has 0 aliphatic carbocycles. The molecule has 0 fully saturated rings. The van der Waals surface area contributed by atoms with Gasteiger partial charge in [-0.15, -0.1) is 0 Å². The van der Waals surface area contributed by atoms with Gasteiger partial charge in [-0.1, -0.05) is 12.2 Å². The Morgan fingerprint density at radius 2 is 1.71 bits per heavy atom. The Morgan fingerprint density at radius 1 is 1.21 bits per heavy atom. The van der Waals surface area contributed by atoms with Gasteiger partial charge in [0.25, 0.3) is 0 Å². The van der Waals surface area contributed by atoms with E-state index >= 15 is 0 Å². The van der Waals surface area contributed by atoms with E-state index in [4.69, 9.17) is 5.11 Å². The fourth-order valence-electron chi connectivity index (χ4n) is 0.880. The largest absolute Gasteiger partial charge is 0.468 e.